The van der Waals surface area contributed by atoms with Crippen LogP contribution in [0.15, 0.2) is 48.5 Å². The van der Waals surface area contributed by atoms with Crippen LogP contribution in [0.25, 0.3) is 0 Å². The topological polar surface area (TPSA) is 72.7 Å². The minimum Gasteiger partial charge on any atom is -0.507 e. The zero-order valence-corrected chi connectivity index (χ0v) is 11.3. The number of benzene rings is 2. The van der Waals surface area contributed by atoms with Gasteiger partial charge < -0.3 is 20.6 Å². The van der Waals surface area contributed by atoms with Crippen molar-refractivity contribution < 1.29 is 15.3 Å². The number of aromatic hydroxyl groups is 2. The van der Waals surface area contributed by atoms with Crippen LogP contribution >= 0.6 is 0 Å². The maximum absolute atomic E-state index is 9.86. The van der Waals surface area contributed by atoms with Crippen LogP contribution in [0, 0.1) is 0 Å². The first-order chi connectivity index (χ1) is 9.63. The van der Waals surface area contributed by atoms with Gasteiger partial charge in [0.15, 0.2) is 0 Å². The Labute approximate surface area is 118 Å². The zero-order chi connectivity index (χ0) is 14.5. The van der Waals surface area contributed by atoms with Gasteiger partial charge in [-0.3, -0.25) is 0 Å². The van der Waals surface area contributed by atoms with Crippen LogP contribution in [0.1, 0.15) is 30.1 Å². The van der Waals surface area contributed by atoms with Gasteiger partial charge >= 0.3 is 0 Å². The monoisotopic (exact) mass is 273 g/mol. The van der Waals surface area contributed by atoms with E-state index in [-0.39, 0.29) is 30.2 Å². The van der Waals surface area contributed by atoms with Crippen molar-refractivity contribution in [3.05, 3.63) is 59.7 Å². The summed E-state index contributed by atoms with van der Waals surface area (Å²) < 4.78 is 0. The lowest BCUT2D eigenvalue weighted by molar-refractivity contribution is 0.234. The first-order valence-corrected chi connectivity index (χ1v) is 6.56. The summed E-state index contributed by atoms with van der Waals surface area (Å²) >= 11 is 0. The van der Waals surface area contributed by atoms with Crippen LogP contribution in [0.3, 0.4) is 0 Å². The van der Waals surface area contributed by atoms with E-state index in [0.717, 1.165) is 5.56 Å². The van der Waals surface area contributed by atoms with Gasteiger partial charge in [0.25, 0.3) is 0 Å². The van der Waals surface area contributed by atoms with Crippen molar-refractivity contribution in [1.82, 2.24) is 5.32 Å². The second-order valence-corrected chi connectivity index (χ2v) is 4.74. The summed E-state index contributed by atoms with van der Waals surface area (Å²) in [5, 5.41) is 32.4. The molecule has 106 valence electrons. The van der Waals surface area contributed by atoms with Gasteiger partial charge in [0.2, 0.25) is 0 Å². The lowest BCUT2D eigenvalue weighted by atomic mass is 10.0. The SMILES string of the molecule is CC(N[C@H](CO)c1ccccc1)c1c(O)cccc1O. The molecule has 2 aromatic rings. The Hall–Kier alpha value is -2.04. The van der Waals surface area contributed by atoms with Gasteiger partial charge in [-0.05, 0) is 24.6 Å². The Morgan fingerprint density at radius 1 is 0.950 bits per heavy atom. The van der Waals surface area contributed by atoms with E-state index in [1.165, 1.54) is 12.1 Å². The molecule has 0 fully saturated rings. The Morgan fingerprint density at radius 2 is 1.55 bits per heavy atom. The Bertz CT molecular complexity index is 537. The summed E-state index contributed by atoms with van der Waals surface area (Å²) in [4.78, 5) is 0. The van der Waals surface area contributed by atoms with E-state index in [1.54, 1.807) is 6.07 Å². The molecule has 1 unspecified atom stereocenters. The van der Waals surface area contributed by atoms with Gasteiger partial charge in [-0.1, -0.05) is 36.4 Å². The number of hydrogen-bond donors (Lipinski definition) is 4. The molecular weight excluding hydrogens is 254 g/mol. The number of aliphatic hydroxyl groups is 1. The molecule has 0 aliphatic carbocycles. The average Bonchev–Trinajstić information content (AvgIpc) is 2.45. The Balaban J connectivity index is 2.20. The predicted octanol–water partition coefficient (Wildman–Crippen LogP) is 2.48. The van der Waals surface area contributed by atoms with Crippen LogP contribution in [-0.2, 0) is 0 Å². The molecule has 0 aliphatic heterocycles. The van der Waals surface area contributed by atoms with E-state index >= 15 is 0 Å². The fraction of sp³-hybridized carbons (Fsp3) is 0.250. The molecule has 4 nitrogen and oxygen atoms in total. The molecule has 0 aliphatic rings. The fourth-order valence-electron chi connectivity index (χ4n) is 2.31. The lowest BCUT2D eigenvalue weighted by Crippen LogP contribution is -2.27. The number of rotatable bonds is 5. The maximum atomic E-state index is 9.86. The smallest absolute Gasteiger partial charge is 0.124 e. The number of phenols is 2. The van der Waals surface area contributed by atoms with Gasteiger partial charge in [-0.15, -0.1) is 0 Å². The third-order valence-corrected chi connectivity index (χ3v) is 3.33. The Kier molecular flexibility index (Phi) is 4.61. The largest absolute Gasteiger partial charge is 0.507 e. The molecule has 4 N–H and O–H groups in total. The van der Waals surface area contributed by atoms with E-state index in [0.29, 0.717) is 5.56 Å². The normalized spacial score (nSPS) is 13.9. The molecule has 2 rings (SSSR count). The number of nitrogens with one attached hydrogen (secondary N) is 1. The van der Waals surface area contributed by atoms with Crippen molar-refractivity contribution in [3.8, 4) is 11.5 Å². The van der Waals surface area contributed by atoms with Crippen molar-refractivity contribution >= 4 is 0 Å². The minimum atomic E-state index is -0.298. The summed E-state index contributed by atoms with van der Waals surface area (Å²) in [6.07, 6.45) is 0. The summed E-state index contributed by atoms with van der Waals surface area (Å²) in [7, 11) is 0. The highest BCUT2D eigenvalue weighted by Crippen LogP contribution is 2.33. The maximum Gasteiger partial charge on any atom is 0.124 e. The molecule has 0 bridgehead atoms. The summed E-state index contributed by atoms with van der Waals surface area (Å²) in [5.74, 6) is 0.0736. The van der Waals surface area contributed by atoms with Crippen LogP contribution in [-0.4, -0.2) is 21.9 Å². The highest BCUT2D eigenvalue weighted by atomic mass is 16.3. The standard InChI is InChI=1S/C16H19NO3/c1-11(16-14(19)8-5-9-15(16)20)17-13(10-18)12-6-3-2-4-7-12/h2-9,11,13,17-20H,10H2,1H3/t11?,13-/m1/s1. The summed E-state index contributed by atoms with van der Waals surface area (Å²) in [6.45, 7) is 1.77. The van der Waals surface area contributed by atoms with E-state index in [2.05, 4.69) is 5.32 Å². The number of phenolic OH excluding ortho intramolecular Hbond substituents is 2. The average molecular weight is 273 g/mol. The molecule has 0 spiro atoms. The van der Waals surface area contributed by atoms with Gasteiger partial charge in [-0.25, -0.2) is 0 Å². The van der Waals surface area contributed by atoms with Crippen molar-refractivity contribution in [1.29, 1.82) is 0 Å². The first kappa shape index (κ1) is 14.4. The van der Waals surface area contributed by atoms with Crippen molar-refractivity contribution in [2.24, 2.45) is 0 Å². The van der Waals surface area contributed by atoms with Gasteiger partial charge in [0.05, 0.1) is 18.2 Å². The molecule has 4 heteroatoms. The van der Waals surface area contributed by atoms with E-state index in [1.807, 2.05) is 37.3 Å². The molecule has 0 amide bonds. The minimum absolute atomic E-state index is 0.0368. The van der Waals surface area contributed by atoms with E-state index in [4.69, 9.17) is 0 Å². The molecule has 0 aromatic heterocycles. The van der Waals surface area contributed by atoms with Crippen LogP contribution < -0.4 is 5.32 Å². The van der Waals surface area contributed by atoms with Crippen molar-refractivity contribution in [2.45, 2.75) is 19.0 Å². The second kappa shape index (κ2) is 6.41. The van der Waals surface area contributed by atoms with Gasteiger partial charge in [0.1, 0.15) is 11.5 Å². The van der Waals surface area contributed by atoms with Crippen molar-refractivity contribution in [3.63, 3.8) is 0 Å². The molecule has 0 radical (unpaired) electrons. The fourth-order valence-corrected chi connectivity index (χ4v) is 2.31. The van der Waals surface area contributed by atoms with Crippen LogP contribution in [0.4, 0.5) is 0 Å². The molecule has 0 heterocycles. The molecular formula is C16H19NO3. The number of hydrogen-bond acceptors (Lipinski definition) is 4. The van der Waals surface area contributed by atoms with E-state index in [9.17, 15) is 15.3 Å². The third-order valence-electron chi connectivity index (χ3n) is 3.33. The summed E-state index contributed by atoms with van der Waals surface area (Å²) in [5.41, 5.74) is 1.39. The van der Waals surface area contributed by atoms with Crippen LogP contribution in [0.5, 0.6) is 11.5 Å². The highest BCUT2D eigenvalue weighted by molar-refractivity contribution is 5.45. The van der Waals surface area contributed by atoms with Gasteiger partial charge in [-0.2, -0.15) is 0 Å². The quantitative estimate of drug-likeness (QED) is 0.675. The van der Waals surface area contributed by atoms with E-state index < -0.39 is 0 Å². The molecule has 20 heavy (non-hydrogen) atoms. The lowest BCUT2D eigenvalue weighted by Gasteiger charge is -2.23. The summed E-state index contributed by atoms with van der Waals surface area (Å²) in [6, 6.07) is 13.7. The highest BCUT2D eigenvalue weighted by Gasteiger charge is 2.19. The Morgan fingerprint density at radius 3 is 2.10 bits per heavy atom. The van der Waals surface area contributed by atoms with Gasteiger partial charge in [0, 0.05) is 6.04 Å². The van der Waals surface area contributed by atoms with Crippen LogP contribution in [0.2, 0.25) is 0 Å². The first-order valence-electron chi connectivity index (χ1n) is 6.56. The zero-order valence-electron chi connectivity index (χ0n) is 11.3. The predicted molar refractivity (Wildman–Crippen MR) is 77.6 cm³/mol. The van der Waals surface area contributed by atoms with Crippen molar-refractivity contribution in [2.75, 3.05) is 6.61 Å². The second-order valence-electron chi connectivity index (χ2n) is 4.74. The molecule has 0 saturated carbocycles. The molecule has 2 atom stereocenters. The molecule has 0 saturated heterocycles. The third kappa shape index (κ3) is 3.10. The molecule has 2 aromatic carbocycles. The number of aliphatic hydroxyl groups excluding tert-OH is 1.